The van der Waals surface area contributed by atoms with E-state index < -0.39 is 5.97 Å². The Morgan fingerprint density at radius 3 is 2.71 bits per heavy atom. The van der Waals surface area contributed by atoms with Crippen molar-refractivity contribution in [2.24, 2.45) is 5.92 Å². The van der Waals surface area contributed by atoms with Crippen LogP contribution in [0.5, 0.6) is 0 Å². The van der Waals surface area contributed by atoms with Crippen LogP contribution in [0.2, 0.25) is 0 Å². The molecule has 1 aromatic heterocycles. The van der Waals surface area contributed by atoms with Gasteiger partial charge in [-0.1, -0.05) is 13.3 Å². The molecule has 0 aromatic carbocycles. The minimum atomic E-state index is -0.766. The molecule has 1 atom stereocenters. The zero-order chi connectivity index (χ0) is 15.7. The molecule has 0 saturated heterocycles. The molecule has 0 spiro atoms. The first kappa shape index (κ1) is 17.4. The first-order valence-corrected chi connectivity index (χ1v) is 7.97. The number of aromatic nitrogens is 1. The number of hydrogen-bond acceptors (Lipinski definition) is 4. The number of urea groups is 1. The average molecular weight is 313 g/mol. The second kappa shape index (κ2) is 9.33. The summed E-state index contributed by atoms with van der Waals surface area (Å²) < 4.78 is 0. The predicted molar refractivity (Wildman–Crippen MR) is 82.4 cm³/mol. The highest BCUT2D eigenvalue weighted by Crippen LogP contribution is 2.14. The zero-order valence-corrected chi connectivity index (χ0v) is 13.3. The van der Waals surface area contributed by atoms with E-state index in [9.17, 15) is 9.59 Å². The lowest BCUT2D eigenvalue weighted by molar-refractivity contribution is -0.137. The molecule has 6 nitrogen and oxygen atoms in total. The first-order chi connectivity index (χ1) is 10.0. The number of nitrogens with zero attached hydrogens (tertiary/aromatic N) is 1. The van der Waals surface area contributed by atoms with Crippen LogP contribution in [-0.2, 0) is 11.3 Å². The maximum Gasteiger partial charge on any atom is 0.315 e. The molecule has 0 aliphatic rings. The van der Waals surface area contributed by atoms with E-state index in [2.05, 4.69) is 15.6 Å². The fourth-order valence-corrected chi connectivity index (χ4v) is 2.70. The third-order valence-electron chi connectivity index (χ3n) is 3.25. The minimum absolute atomic E-state index is 0.189. The van der Waals surface area contributed by atoms with Gasteiger partial charge in [0.1, 0.15) is 5.01 Å². The lowest BCUT2D eigenvalue weighted by atomic mass is 9.97. The molecule has 118 valence electrons. The van der Waals surface area contributed by atoms with E-state index in [4.69, 9.17) is 5.11 Å². The van der Waals surface area contributed by atoms with Crippen LogP contribution in [0, 0.1) is 12.8 Å². The van der Waals surface area contributed by atoms with Crippen LogP contribution in [0.25, 0.3) is 0 Å². The lowest BCUT2D eigenvalue weighted by Gasteiger charge is -2.14. The quantitative estimate of drug-likeness (QED) is 0.653. The van der Waals surface area contributed by atoms with E-state index in [0.29, 0.717) is 25.4 Å². The fourth-order valence-electron chi connectivity index (χ4n) is 1.97. The molecule has 0 saturated carbocycles. The van der Waals surface area contributed by atoms with E-state index in [0.717, 1.165) is 22.7 Å². The SMILES string of the molecule is CCC(CCNC(=O)NCc1ncc(C)s1)CCC(=O)O. The van der Waals surface area contributed by atoms with Gasteiger partial charge in [0.2, 0.25) is 0 Å². The number of carbonyl (C=O) groups is 2. The highest BCUT2D eigenvalue weighted by atomic mass is 32.1. The van der Waals surface area contributed by atoms with Gasteiger partial charge in [0.15, 0.2) is 0 Å². The molecule has 21 heavy (non-hydrogen) atoms. The van der Waals surface area contributed by atoms with Gasteiger partial charge in [-0.3, -0.25) is 4.79 Å². The van der Waals surface area contributed by atoms with E-state index in [1.54, 1.807) is 17.5 Å². The van der Waals surface area contributed by atoms with Crippen molar-refractivity contribution in [3.05, 3.63) is 16.1 Å². The van der Waals surface area contributed by atoms with Crippen LogP contribution < -0.4 is 10.6 Å². The van der Waals surface area contributed by atoms with Crippen molar-refractivity contribution in [2.45, 2.75) is 46.1 Å². The summed E-state index contributed by atoms with van der Waals surface area (Å²) in [6.07, 6.45) is 4.36. The number of rotatable bonds is 9. The molecule has 1 unspecified atom stereocenters. The van der Waals surface area contributed by atoms with Crippen LogP contribution in [0.1, 0.15) is 42.5 Å². The summed E-state index contributed by atoms with van der Waals surface area (Å²) in [7, 11) is 0. The van der Waals surface area contributed by atoms with E-state index in [1.165, 1.54) is 0 Å². The van der Waals surface area contributed by atoms with Crippen molar-refractivity contribution in [1.29, 1.82) is 0 Å². The highest BCUT2D eigenvalue weighted by Gasteiger charge is 2.09. The molecule has 0 bridgehead atoms. The summed E-state index contributed by atoms with van der Waals surface area (Å²) in [4.78, 5) is 27.5. The first-order valence-electron chi connectivity index (χ1n) is 7.16. The third kappa shape index (κ3) is 7.65. The molecule has 0 aliphatic carbocycles. The Morgan fingerprint density at radius 2 is 2.14 bits per heavy atom. The van der Waals surface area contributed by atoms with E-state index in [-0.39, 0.29) is 12.5 Å². The Hall–Kier alpha value is -1.63. The number of carboxylic acid groups (broad SMARTS) is 1. The number of amides is 2. The number of aryl methyl sites for hydroxylation is 1. The molecule has 1 rings (SSSR count). The summed E-state index contributed by atoms with van der Waals surface area (Å²) in [6.45, 7) is 5.00. The Bertz CT molecular complexity index is 462. The van der Waals surface area contributed by atoms with Crippen molar-refractivity contribution in [3.8, 4) is 0 Å². The number of carbonyl (C=O) groups excluding carboxylic acids is 1. The third-order valence-corrected chi connectivity index (χ3v) is 4.16. The van der Waals surface area contributed by atoms with Gasteiger partial charge in [-0.15, -0.1) is 11.3 Å². The van der Waals surface area contributed by atoms with Gasteiger partial charge < -0.3 is 15.7 Å². The Morgan fingerprint density at radius 1 is 1.38 bits per heavy atom. The monoisotopic (exact) mass is 313 g/mol. The number of aliphatic carboxylic acids is 1. The maximum absolute atomic E-state index is 11.6. The standard InChI is InChI=1S/C14H23N3O3S/c1-3-11(4-5-13(18)19)6-7-15-14(20)17-9-12-16-8-10(2)21-12/h8,11H,3-7,9H2,1-2H3,(H,18,19)(H2,15,17,20). The molecule has 2 amide bonds. The average Bonchev–Trinajstić information content (AvgIpc) is 2.86. The second-order valence-electron chi connectivity index (χ2n) is 4.97. The fraction of sp³-hybridized carbons (Fsp3) is 0.643. The zero-order valence-electron chi connectivity index (χ0n) is 12.5. The Labute approximate surface area is 129 Å². The minimum Gasteiger partial charge on any atom is -0.481 e. The molecule has 1 heterocycles. The highest BCUT2D eigenvalue weighted by molar-refractivity contribution is 7.11. The van der Waals surface area contributed by atoms with Crippen molar-refractivity contribution in [3.63, 3.8) is 0 Å². The lowest BCUT2D eigenvalue weighted by Crippen LogP contribution is -2.36. The predicted octanol–water partition coefficient (Wildman–Crippen LogP) is 2.53. The van der Waals surface area contributed by atoms with Gasteiger partial charge in [-0.2, -0.15) is 0 Å². The van der Waals surface area contributed by atoms with Gasteiger partial charge >= 0.3 is 12.0 Å². The second-order valence-corrected chi connectivity index (χ2v) is 6.29. The Kier molecular flexibility index (Phi) is 7.74. The number of carboxylic acids is 1. The number of nitrogens with one attached hydrogen (secondary N) is 2. The topological polar surface area (TPSA) is 91.3 Å². The summed E-state index contributed by atoms with van der Waals surface area (Å²) in [6, 6.07) is -0.212. The van der Waals surface area contributed by atoms with Gasteiger partial charge in [0.05, 0.1) is 6.54 Å². The summed E-state index contributed by atoms with van der Waals surface area (Å²) in [5, 5.41) is 15.1. The van der Waals surface area contributed by atoms with Gasteiger partial charge in [-0.05, 0) is 25.7 Å². The van der Waals surface area contributed by atoms with Crippen LogP contribution in [-0.4, -0.2) is 28.6 Å². The smallest absolute Gasteiger partial charge is 0.315 e. The Balaban J connectivity index is 2.15. The van der Waals surface area contributed by atoms with Gasteiger partial charge in [-0.25, -0.2) is 9.78 Å². The number of thiazole rings is 1. The van der Waals surface area contributed by atoms with E-state index in [1.807, 2.05) is 13.8 Å². The molecular formula is C14H23N3O3S. The summed E-state index contributed by atoms with van der Waals surface area (Å²) in [5.74, 6) is -0.430. The summed E-state index contributed by atoms with van der Waals surface area (Å²) in [5.41, 5.74) is 0. The molecule has 0 aliphatic heterocycles. The summed E-state index contributed by atoms with van der Waals surface area (Å²) >= 11 is 1.56. The molecule has 7 heteroatoms. The van der Waals surface area contributed by atoms with E-state index >= 15 is 0 Å². The maximum atomic E-state index is 11.6. The van der Waals surface area contributed by atoms with Crippen LogP contribution >= 0.6 is 11.3 Å². The van der Waals surface area contributed by atoms with Crippen molar-refractivity contribution >= 4 is 23.3 Å². The molecular weight excluding hydrogens is 290 g/mol. The largest absolute Gasteiger partial charge is 0.481 e. The van der Waals surface area contributed by atoms with Crippen LogP contribution in [0.3, 0.4) is 0 Å². The van der Waals surface area contributed by atoms with Crippen molar-refractivity contribution < 1.29 is 14.7 Å². The van der Waals surface area contributed by atoms with Gasteiger partial charge in [0.25, 0.3) is 0 Å². The number of hydrogen-bond donors (Lipinski definition) is 3. The van der Waals surface area contributed by atoms with Gasteiger partial charge in [0, 0.05) is 24.0 Å². The molecule has 1 aromatic rings. The molecule has 0 radical (unpaired) electrons. The molecule has 3 N–H and O–H groups in total. The van der Waals surface area contributed by atoms with Crippen LogP contribution in [0.15, 0.2) is 6.20 Å². The molecule has 0 fully saturated rings. The van der Waals surface area contributed by atoms with Crippen molar-refractivity contribution in [2.75, 3.05) is 6.54 Å². The van der Waals surface area contributed by atoms with Crippen molar-refractivity contribution in [1.82, 2.24) is 15.6 Å². The normalized spacial score (nSPS) is 11.9. The van der Waals surface area contributed by atoms with Crippen LogP contribution in [0.4, 0.5) is 4.79 Å².